The standard InChI is InChI=1S/C25H33N3O3/c1-28(17-14-22-13-15-26-19-27-22)16-7-12-23(18-28)31-24(29)25(30,21-10-5-6-11-21)20-8-3-2-4-9-20/h2-4,8-9,13,15,19,21,23H,5-7,10-12,14,16-18H2,1H3/t23?,25?,28-/m1/s1. The third-order valence-corrected chi connectivity index (χ3v) is 7.13. The second-order valence-corrected chi connectivity index (χ2v) is 9.45. The summed E-state index contributed by atoms with van der Waals surface area (Å²) in [6, 6.07) is 11.1. The van der Waals surface area contributed by atoms with Crippen LogP contribution in [0.2, 0.25) is 0 Å². The van der Waals surface area contributed by atoms with E-state index >= 15 is 0 Å². The molecule has 166 valence electrons. The van der Waals surface area contributed by atoms with Gasteiger partial charge in [-0.2, -0.15) is 0 Å². The molecule has 31 heavy (non-hydrogen) atoms. The average molecular weight is 424 g/mol. The Morgan fingerprint density at radius 1 is 1.16 bits per heavy atom. The molecule has 1 aliphatic carbocycles. The molecule has 2 aliphatic rings. The Hall–Kier alpha value is -2.31. The van der Waals surface area contributed by atoms with Crippen LogP contribution >= 0.6 is 0 Å². The van der Waals surface area contributed by atoms with Crippen molar-refractivity contribution < 1.29 is 19.1 Å². The molecular formula is C25H33N3O3. The average Bonchev–Trinajstić information content (AvgIpc) is 3.34. The Kier molecular flexibility index (Phi) is 6.68. The second kappa shape index (κ2) is 9.45. The number of nitrogens with zero attached hydrogens (tertiary/aromatic N) is 3. The van der Waals surface area contributed by atoms with Gasteiger partial charge >= 0.3 is 5.97 Å². The van der Waals surface area contributed by atoms with Gasteiger partial charge < -0.3 is 14.3 Å². The van der Waals surface area contributed by atoms with Gasteiger partial charge in [-0.1, -0.05) is 56.0 Å². The minimum absolute atomic E-state index is 0.190. The van der Waals surface area contributed by atoms with Crippen molar-refractivity contribution in [3.05, 3.63) is 60.2 Å². The second-order valence-electron chi connectivity index (χ2n) is 9.45. The maximum Gasteiger partial charge on any atom is 0.300 e. The van der Waals surface area contributed by atoms with Crippen LogP contribution in [0.4, 0.5) is 0 Å². The van der Waals surface area contributed by atoms with Crippen LogP contribution in [0, 0.1) is 5.92 Å². The van der Waals surface area contributed by atoms with Gasteiger partial charge in [-0.25, -0.2) is 9.97 Å². The fraction of sp³-hybridized carbons (Fsp3) is 0.560. The highest BCUT2D eigenvalue weighted by atomic mass is 16.6. The summed E-state index contributed by atoms with van der Waals surface area (Å²) in [7, 11) is 2.21. The molecule has 0 amide bonds. The van der Waals surface area contributed by atoms with Crippen molar-refractivity contribution in [1.82, 2.24) is 9.97 Å². The van der Waals surface area contributed by atoms with Crippen LogP contribution in [0.25, 0.3) is 0 Å². The van der Waals surface area contributed by atoms with E-state index in [9.17, 15) is 9.90 Å². The lowest BCUT2D eigenvalue weighted by Crippen LogP contribution is -2.58. The predicted octanol–water partition coefficient (Wildman–Crippen LogP) is 2.62. The SMILES string of the molecule is C[N@+]1(CCc2ccncn2)CCCC(OC(=O)C([O-])(c2ccccc2)C2CCCC2)C1. The number of esters is 1. The highest BCUT2D eigenvalue weighted by molar-refractivity contribution is 5.81. The number of ether oxygens (including phenoxy) is 1. The summed E-state index contributed by atoms with van der Waals surface area (Å²) < 4.78 is 6.80. The number of hydrogen-bond donors (Lipinski definition) is 0. The number of piperidine rings is 1. The van der Waals surface area contributed by atoms with E-state index in [0.717, 1.165) is 74.8 Å². The Bertz CT molecular complexity index is 857. The smallest absolute Gasteiger partial charge is 0.300 e. The summed E-state index contributed by atoms with van der Waals surface area (Å²) in [5.74, 6) is -0.774. The fourth-order valence-corrected chi connectivity index (χ4v) is 5.30. The predicted molar refractivity (Wildman–Crippen MR) is 116 cm³/mol. The molecule has 0 spiro atoms. The molecule has 2 unspecified atom stereocenters. The molecule has 1 saturated carbocycles. The minimum atomic E-state index is -1.81. The van der Waals surface area contributed by atoms with Gasteiger partial charge in [0.05, 0.1) is 20.1 Å². The minimum Gasteiger partial charge on any atom is -0.837 e. The number of likely N-dealkylation sites (tertiary alicyclic amines) is 1. The van der Waals surface area contributed by atoms with Gasteiger partial charge in [0.15, 0.2) is 6.10 Å². The van der Waals surface area contributed by atoms with E-state index in [-0.39, 0.29) is 12.0 Å². The molecule has 1 saturated heterocycles. The van der Waals surface area contributed by atoms with Gasteiger partial charge in [0.1, 0.15) is 12.9 Å². The fourth-order valence-electron chi connectivity index (χ4n) is 5.30. The number of hydrogen-bond acceptors (Lipinski definition) is 5. The number of carbonyl (C=O) groups is 1. The van der Waals surface area contributed by atoms with Crippen molar-refractivity contribution in [3.63, 3.8) is 0 Å². The molecule has 6 heteroatoms. The van der Waals surface area contributed by atoms with E-state index in [2.05, 4.69) is 17.0 Å². The Labute approximate surface area is 184 Å². The summed E-state index contributed by atoms with van der Waals surface area (Å²) in [5, 5.41) is 14.1. The first-order chi connectivity index (χ1) is 15.0. The van der Waals surface area contributed by atoms with Gasteiger partial charge in [-0.3, -0.25) is 4.79 Å². The van der Waals surface area contributed by atoms with Crippen LogP contribution in [-0.2, 0) is 21.6 Å². The number of quaternary nitrogens is 1. The Morgan fingerprint density at radius 3 is 2.65 bits per heavy atom. The van der Waals surface area contributed by atoms with Crippen LogP contribution < -0.4 is 5.11 Å². The largest absolute Gasteiger partial charge is 0.837 e. The molecule has 2 heterocycles. The summed E-state index contributed by atoms with van der Waals surface area (Å²) in [6.45, 7) is 2.71. The first kappa shape index (κ1) is 21.9. The van der Waals surface area contributed by atoms with Crippen LogP contribution in [0.15, 0.2) is 48.9 Å². The molecule has 0 bridgehead atoms. The Morgan fingerprint density at radius 2 is 1.94 bits per heavy atom. The summed E-state index contributed by atoms with van der Waals surface area (Å²) in [5.41, 5.74) is -0.236. The molecule has 3 atom stereocenters. The zero-order valence-corrected chi connectivity index (χ0v) is 18.4. The molecule has 2 fully saturated rings. The number of rotatable bonds is 7. The van der Waals surface area contributed by atoms with Crippen LogP contribution in [0.1, 0.15) is 49.8 Å². The maximum atomic E-state index is 14.1. The van der Waals surface area contributed by atoms with Gasteiger partial charge in [0.25, 0.3) is 0 Å². The highest BCUT2D eigenvalue weighted by Crippen LogP contribution is 2.40. The lowest BCUT2D eigenvalue weighted by atomic mass is 9.80. The number of benzene rings is 1. The highest BCUT2D eigenvalue weighted by Gasteiger charge is 2.42. The van der Waals surface area contributed by atoms with Crippen molar-refractivity contribution in [3.8, 4) is 0 Å². The summed E-state index contributed by atoms with van der Waals surface area (Å²) in [6.07, 6.45) is 9.41. The molecule has 1 aromatic carbocycles. The van der Waals surface area contributed by atoms with E-state index < -0.39 is 11.6 Å². The van der Waals surface area contributed by atoms with Crippen molar-refractivity contribution in [1.29, 1.82) is 0 Å². The third-order valence-electron chi connectivity index (χ3n) is 7.13. The molecule has 1 aromatic heterocycles. The van der Waals surface area contributed by atoms with Crippen LogP contribution in [0.3, 0.4) is 0 Å². The van der Waals surface area contributed by atoms with Crippen LogP contribution in [-0.4, -0.2) is 53.2 Å². The molecule has 2 aromatic rings. The van der Waals surface area contributed by atoms with Crippen molar-refractivity contribution in [2.45, 2.75) is 56.7 Å². The summed E-state index contributed by atoms with van der Waals surface area (Å²) >= 11 is 0. The third kappa shape index (κ3) is 4.96. The molecule has 0 N–H and O–H groups in total. The molecule has 1 aliphatic heterocycles. The van der Waals surface area contributed by atoms with Crippen molar-refractivity contribution >= 4 is 5.97 Å². The molecule has 0 radical (unpaired) electrons. The Balaban J connectivity index is 1.44. The monoisotopic (exact) mass is 423 g/mol. The molecular weight excluding hydrogens is 390 g/mol. The van der Waals surface area contributed by atoms with E-state index in [4.69, 9.17) is 4.74 Å². The normalized spacial score (nSPS) is 26.3. The van der Waals surface area contributed by atoms with Crippen molar-refractivity contribution in [2.24, 2.45) is 5.92 Å². The zero-order chi connectivity index (χ0) is 21.7. The topological polar surface area (TPSA) is 75.1 Å². The number of carbonyl (C=O) groups excluding carboxylic acids is 1. The van der Waals surface area contributed by atoms with Crippen molar-refractivity contribution in [2.75, 3.05) is 26.7 Å². The maximum absolute atomic E-state index is 14.1. The van der Waals surface area contributed by atoms with Gasteiger partial charge in [-0.15, -0.1) is 0 Å². The quantitative estimate of drug-likeness (QED) is 0.506. The first-order valence-electron chi connectivity index (χ1n) is 11.6. The number of aromatic nitrogens is 2. The first-order valence-corrected chi connectivity index (χ1v) is 11.6. The molecule has 6 nitrogen and oxygen atoms in total. The van der Waals surface area contributed by atoms with E-state index in [1.165, 1.54) is 0 Å². The van der Waals surface area contributed by atoms with E-state index in [1.54, 1.807) is 24.7 Å². The van der Waals surface area contributed by atoms with E-state index in [0.29, 0.717) is 5.56 Å². The van der Waals surface area contributed by atoms with Gasteiger partial charge in [0, 0.05) is 30.3 Å². The lowest BCUT2D eigenvalue weighted by Gasteiger charge is -2.46. The molecule has 4 rings (SSSR count). The van der Waals surface area contributed by atoms with E-state index in [1.807, 2.05) is 24.3 Å². The zero-order valence-electron chi connectivity index (χ0n) is 18.4. The van der Waals surface area contributed by atoms with Crippen LogP contribution in [0.5, 0.6) is 0 Å². The number of likely N-dealkylation sites (N-methyl/N-ethyl adjacent to an activating group) is 1. The summed E-state index contributed by atoms with van der Waals surface area (Å²) in [4.78, 5) is 21.7. The van der Waals surface area contributed by atoms with Gasteiger partial charge in [-0.05, 0) is 24.0 Å². The van der Waals surface area contributed by atoms with Gasteiger partial charge in [0.2, 0.25) is 0 Å². The lowest BCUT2D eigenvalue weighted by molar-refractivity contribution is -0.916.